The molecule has 0 amide bonds. The predicted molar refractivity (Wildman–Crippen MR) is 36.1 cm³/mol. The Bertz CT molecular complexity index is 238. The molecule has 1 saturated heterocycles. The number of rotatable bonds is 1. The van der Waals surface area contributed by atoms with E-state index in [1.165, 1.54) is 0 Å². The maximum atomic E-state index is 10.9. The molecule has 0 radical (unpaired) electrons. The fourth-order valence-corrected chi connectivity index (χ4v) is 1.84. The Morgan fingerprint density at radius 3 is 2.73 bits per heavy atom. The van der Waals surface area contributed by atoms with Crippen molar-refractivity contribution in [1.82, 2.24) is 5.32 Å². The second kappa shape index (κ2) is 1.82. The van der Waals surface area contributed by atoms with Gasteiger partial charge in [-0.15, -0.1) is 0 Å². The van der Waals surface area contributed by atoms with Gasteiger partial charge in [-0.05, 0) is 13.0 Å². The number of hydrogen-bond donors (Lipinski definition) is 2. The lowest BCUT2D eigenvalue weighted by Crippen LogP contribution is -2.37. The van der Waals surface area contributed by atoms with Crippen LogP contribution in [0, 0.1) is 5.41 Å². The van der Waals surface area contributed by atoms with E-state index in [-0.39, 0.29) is 5.78 Å². The number of Topliss-reactive ketones (excluding diaryl/α,β-unsaturated/α-hetero) is 1. The third kappa shape index (κ3) is 0.728. The van der Waals surface area contributed by atoms with E-state index in [1.54, 1.807) is 0 Å². The van der Waals surface area contributed by atoms with Gasteiger partial charge >= 0.3 is 5.97 Å². The minimum atomic E-state index is -0.895. The second-order valence-corrected chi connectivity index (χ2v) is 3.23. The first-order chi connectivity index (χ1) is 5.17. The van der Waals surface area contributed by atoms with Crippen molar-refractivity contribution < 1.29 is 14.7 Å². The van der Waals surface area contributed by atoms with E-state index in [0.29, 0.717) is 19.4 Å². The molecular formula is C7H9NO3. The maximum Gasteiger partial charge on any atom is 0.321 e. The van der Waals surface area contributed by atoms with Crippen LogP contribution < -0.4 is 5.32 Å². The third-order valence-electron chi connectivity index (χ3n) is 2.63. The molecule has 4 nitrogen and oxygen atoms in total. The van der Waals surface area contributed by atoms with Crippen LogP contribution in [0.15, 0.2) is 0 Å². The van der Waals surface area contributed by atoms with Crippen molar-refractivity contribution in [3.63, 3.8) is 0 Å². The average Bonchev–Trinajstić information content (AvgIpc) is 2.45. The summed E-state index contributed by atoms with van der Waals surface area (Å²) in [5.41, 5.74) is -0.508. The van der Waals surface area contributed by atoms with Gasteiger partial charge in [0.2, 0.25) is 0 Å². The molecule has 0 bridgehead atoms. The molecule has 2 atom stereocenters. The van der Waals surface area contributed by atoms with Crippen molar-refractivity contribution in [2.45, 2.75) is 18.9 Å². The molecule has 0 aromatic rings. The molecule has 2 rings (SSSR count). The quantitative estimate of drug-likeness (QED) is 0.530. The predicted octanol–water partition coefficient (Wildman–Crippen LogP) is -0.608. The number of nitrogens with one attached hydrogen (secondary N) is 1. The lowest BCUT2D eigenvalue weighted by Gasteiger charge is -2.09. The van der Waals surface area contributed by atoms with Crippen LogP contribution in [0.3, 0.4) is 0 Å². The maximum absolute atomic E-state index is 10.9. The second-order valence-electron chi connectivity index (χ2n) is 3.23. The Kier molecular flexibility index (Phi) is 1.12. The molecular weight excluding hydrogens is 146 g/mol. The van der Waals surface area contributed by atoms with Crippen molar-refractivity contribution in [3.8, 4) is 0 Å². The van der Waals surface area contributed by atoms with Gasteiger partial charge in [-0.3, -0.25) is 9.59 Å². The Morgan fingerprint density at radius 2 is 2.36 bits per heavy atom. The Morgan fingerprint density at radius 1 is 1.73 bits per heavy atom. The summed E-state index contributed by atoms with van der Waals surface area (Å²) in [6.45, 7) is 0.655. The molecule has 0 aromatic heterocycles. The van der Waals surface area contributed by atoms with E-state index in [0.717, 1.165) is 0 Å². The SMILES string of the molecule is O=C(O)C1NCCC12CC2=O. The van der Waals surface area contributed by atoms with E-state index in [2.05, 4.69) is 5.32 Å². The summed E-state index contributed by atoms with van der Waals surface area (Å²) in [4.78, 5) is 21.5. The first-order valence-corrected chi connectivity index (χ1v) is 3.66. The van der Waals surface area contributed by atoms with Gasteiger partial charge in [0.05, 0.1) is 5.41 Å². The molecule has 1 aliphatic heterocycles. The fourth-order valence-electron chi connectivity index (χ4n) is 1.84. The number of carbonyl (C=O) groups is 2. The molecule has 60 valence electrons. The number of carboxylic acid groups (broad SMARTS) is 1. The van der Waals surface area contributed by atoms with Crippen LogP contribution in [0.5, 0.6) is 0 Å². The summed E-state index contributed by atoms with van der Waals surface area (Å²) in [6, 6.07) is -0.616. The third-order valence-corrected chi connectivity index (χ3v) is 2.63. The lowest BCUT2D eigenvalue weighted by atomic mass is 9.97. The summed E-state index contributed by atoms with van der Waals surface area (Å²) in [6.07, 6.45) is 1.15. The molecule has 11 heavy (non-hydrogen) atoms. The number of carbonyl (C=O) groups excluding carboxylic acids is 1. The number of ketones is 1. The van der Waals surface area contributed by atoms with Gasteiger partial charge in [0.25, 0.3) is 0 Å². The Balaban J connectivity index is 2.22. The van der Waals surface area contributed by atoms with Gasteiger partial charge < -0.3 is 10.4 Å². The standard InChI is InChI=1S/C7H9NO3/c9-4-3-7(4)1-2-8-5(7)6(10)11/h5,8H,1-3H2,(H,10,11). The molecule has 1 heterocycles. The summed E-state index contributed by atoms with van der Waals surface area (Å²) in [5.74, 6) is -0.789. The van der Waals surface area contributed by atoms with Crippen molar-refractivity contribution in [1.29, 1.82) is 0 Å². The molecule has 0 aromatic carbocycles. The zero-order valence-electron chi connectivity index (χ0n) is 5.96. The van der Waals surface area contributed by atoms with Crippen LogP contribution in [0.4, 0.5) is 0 Å². The van der Waals surface area contributed by atoms with Crippen LogP contribution in [0.25, 0.3) is 0 Å². The smallest absolute Gasteiger partial charge is 0.321 e. The fraction of sp³-hybridized carbons (Fsp3) is 0.714. The summed E-state index contributed by atoms with van der Waals surface area (Å²) in [5, 5.41) is 11.5. The highest BCUT2D eigenvalue weighted by Crippen LogP contribution is 2.50. The van der Waals surface area contributed by atoms with Crippen LogP contribution in [0.2, 0.25) is 0 Å². The van der Waals surface area contributed by atoms with E-state index >= 15 is 0 Å². The highest BCUT2D eigenvalue weighted by Gasteiger charge is 2.63. The zero-order valence-corrected chi connectivity index (χ0v) is 5.96. The van der Waals surface area contributed by atoms with Gasteiger partial charge in [0, 0.05) is 6.42 Å². The Labute approximate surface area is 63.6 Å². The van der Waals surface area contributed by atoms with E-state index in [1.807, 2.05) is 0 Å². The van der Waals surface area contributed by atoms with Crippen molar-refractivity contribution >= 4 is 11.8 Å². The largest absolute Gasteiger partial charge is 0.480 e. The normalized spacial score (nSPS) is 41.5. The molecule has 2 unspecified atom stereocenters. The highest BCUT2D eigenvalue weighted by atomic mass is 16.4. The first kappa shape index (κ1) is 6.79. The van der Waals surface area contributed by atoms with Crippen LogP contribution >= 0.6 is 0 Å². The number of carboxylic acids is 1. The van der Waals surface area contributed by atoms with Gasteiger partial charge in [-0.1, -0.05) is 0 Å². The summed E-state index contributed by atoms with van der Waals surface area (Å²) < 4.78 is 0. The lowest BCUT2D eigenvalue weighted by molar-refractivity contribution is -0.141. The van der Waals surface area contributed by atoms with Gasteiger partial charge in [-0.25, -0.2) is 0 Å². The molecule has 1 spiro atoms. The number of hydrogen-bond acceptors (Lipinski definition) is 3. The van der Waals surface area contributed by atoms with Crippen molar-refractivity contribution in [3.05, 3.63) is 0 Å². The minimum Gasteiger partial charge on any atom is -0.480 e. The summed E-state index contributed by atoms with van der Waals surface area (Å²) >= 11 is 0. The van der Waals surface area contributed by atoms with Crippen LogP contribution in [-0.4, -0.2) is 29.4 Å². The average molecular weight is 155 g/mol. The van der Waals surface area contributed by atoms with E-state index < -0.39 is 17.4 Å². The summed E-state index contributed by atoms with van der Waals surface area (Å²) in [7, 11) is 0. The zero-order chi connectivity index (χ0) is 8.06. The monoisotopic (exact) mass is 155 g/mol. The van der Waals surface area contributed by atoms with Gasteiger partial charge in [0.15, 0.2) is 0 Å². The van der Waals surface area contributed by atoms with E-state index in [4.69, 9.17) is 5.11 Å². The molecule has 2 N–H and O–H groups in total. The highest BCUT2D eigenvalue weighted by molar-refractivity contribution is 6.05. The topological polar surface area (TPSA) is 66.4 Å². The molecule has 1 aliphatic carbocycles. The molecule has 1 saturated carbocycles. The van der Waals surface area contributed by atoms with Crippen LogP contribution in [-0.2, 0) is 9.59 Å². The molecule has 2 fully saturated rings. The number of aliphatic carboxylic acids is 1. The molecule has 4 heteroatoms. The van der Waals surface area contributed by atoms with E-state index in [9.17, 15) is 9.59 Å². The van der Waals surface area contributed by atoms with Crippen molar-refractivity contribution in [2.75, 3.05) is 6.54 Å². The van der Waals surface area contributed by atoms with Gasteiger partial charge in [0.1, 0.15) is 11.8 Å². The molecule has 2 aliphatic rings. The Hall–Kier alpha value is -0.900. The minimum absolute atomic E-state index is 0.106. The van der Waals surface area contributed by atoms with Gasteiger partial charge in [-0.2, -0.15) is 0 Å². The van der Waals surface area contributed by atoms with Crippen molar-refractivity contribution in [2.24, 2.45) is 5.41 Å². The van der Waals surface area contributed by atoms with Crippen LogP contribution in [0.1, 0.15) is 12.8 Å². The first-order valence-electron chi connectivity index (χ1n) is 3.66.